The molecule has 4 unspecified atom stereocenters. The van der Waals surface area contributed by atoms with E-state index in [2.05, 4.69) is 16.0 Å². The number of aliphatic carboxylic acids is 1. The molecule has 0 aliphatic carbocycles. The van der Waals surface area contributed by atoms with E-state index in [1.807, 2.05) is 20.1 Å². The molecule has 8 N–H and O–H groups in total. The number of primary amides is 1. The molecule has 32 heavy (non-hydrogen) atoms. The number of nitrogens with two attached hydrogens (primary N) is 2. The number of rotatable bonds is 15. The number of nitrogens with one attached hydrogen (secondary N) is 3. The lowest BCUT2D eigenvalue weighted by atomic mass is 9.99. The highest BCUT2D eigenvalue weighted by atomic mass is 32.2. The highest BCUT2D eigenvalue weighted by Gasteiger charge is 2.32. The summed E-state index contributed by atoms with van der Waals surface area (Å²) in [4.78, 5) is 60.4. The van der Waals surface area contributed by atoms with E-state index in [1.165, 1.54) is 0 Å². The second kappa shape index (κ2) is 14.7. The maximum absolute atomic E-state index is 12.9. The minimum atomic E-state index is -1.51. The van der Waals surface area contributed by atoms with Gasteiger partial charge in [0.2, 0.25) is 23.6 Å². The van der Waals surface area contributed by atoms with Crippen molar-refractivity contribution in [3.8, 4) is 0 Å². The van der Waals surface area contributed by atoms with E-state index in [0.29, 0.717) is 12.2 Å². The molecule has 0 aliphatic rings. The molecular formula is C20H37N5O6S. The summed E-state index contributed by atoms with van der Waals surface area (Å²) >= 11 is 1.55. The first-order valence-electron chi connectivity index (χ1n) is 10.5. The van der Waals surface area contributed by atoms with Crippen LogP contribution in [0.5, 0.6) is 0 Å². The van der Waals surface area contributed by atoms with Crippen LogP contribution in [-0.4, -0.2) is 70.9 Å². The Morgan fingerprint density at radius 3 is 1.91 bits per heavy atom. The lowest BCUT2D eigenvalue weighted by molar-refractivity contribution is -0.144. The summed E-state index contributed by atoms with van der Waals surface area (Å²) in [6, 6.07) is -4.29. The predicted octanol–water partition coefficient (Wildman–Crippen LogP) is -0.817. The van der Waals surface area contributed by atoms with Gasteiger partial charge in [0.25, 0.3) is 0 Å². The summed E-state index contributed by atoms with van der Waals surface area (Å²) in [6.07, 6.45) is 1.98. The summed E-state index contributed by atoms with van der Waals surface area (Å²) in [6.45, 7) is 7.14. The maximum atomic E-state index is 12.9. The van der Waals surface area contributed by atoms with Crippen molar-refractivity contribution in [1.82, 2.24) is 16.0 Å². The van der Waals surface area contributed by atoms with E-state index < -0.39 is 60.2 Å². The zero-order chi connectivity index (χ0) is 25.0. The zero-order valence-electron chi connectivity index (χ0n) is 19.3. The molecule has 0 aromatic carbocycles. The van der Waals surface area contributed by atoms with Gasteiger partial charge in [-0.15, -0.1) is 0 Å². The number of thioether (sulfide) groups is 1. The van der Waals surface area contributed by atoms with Crippen LogP contribution in [0.3, 0.4) is 0 Å². The molecular weight excluding hydrogens is 438 g/mol. The molecule has 0 radical (unpaired) electrons. The molecule has 0 aromatic heterocycles. The number of amides is 4. The SMILES string of the molecule is CSCCC(N)C(=O)NC(C(=O)NC(CC(C)C)C(=O)NC(CC(N)=O)C(=O)O)C(C)C. The number of hydrogen-bond donors (Lipinski definition) is 6. The van der Waals surface area contributed by atoms with Crippen LogP contribution in [0.15, 0.2) is 0 Å². The first-order chi connectivity index (χ1) is 14.8. The average molecular weight is 476 g/mol. The van der Waals surface area contributed by atoms with Crippen molar-refractivity contribution in [3.05, 3.63) is 0 Å². The summed E-state index contributed by atoms with van der Waals surface area (Å²) in [7, 11) is 0. The summed E-state index contributed by atoms with van der Waals surface area (Å²) in [5.41, 5.74) is 10.9. The van der Waals surface area contributed by atoms with Crippen LogP contribution < -0.4 is 27.4 Å². The Morgan fingerprint density at radius 2 is 1.47 bits per heavy atom. The second-order valence-corrected chi connectivity index (χ2v) is 9.36. The number of carboxylic acid groups (broad SMARTS) is 1. The fourth-order valence-electron chi connectivity index (χ4n) is 2.81. The Morgan fingerprint density at radius 1 is 0.906 bits per heavy atom. The van der Waals surface area contributed by atoms with Crippen molar-refractivity contribution in [2.75, 3.05) is 12.0 Å². The second-order valence-electron chi connectivity index (χ2n) is 8.38. The Bertz CT molecular complexity index is 673. The molecule has 4 amide bonds. The monoisotopic (exact) mass is 475 g/mol. The summed E-state index contributed by atoms with van der Waals surface area (Å²) in [5, 5.41) is 16.7. The van der Waals surface area contributed by atoms with Gasteiger partial charge in [0.15, 0.2) is 0 Å². The topological polar surface area (TPSA) is 194 Å². The Kier molecular flexibility index (Phi) is 13.6. The van der Waals surface area contributed by atoms with Crippen LogP contribution in [0, 0.1) is 11.8 Å². The number of hydrogen-bond acceptors (Lipinski definition) is 7. The highest BCUT2D eigenvalue weighted by molar-refractivity contribution is 7.98. The Balaban J connectivity index is 5.40. The van der Waals surface area contributed by atoms with Crippen molar-refractivity contribution in [2.24, 2.45) is 23.3 Å². The molecule has 12 heteroatoms. The molecule has 0 saturated carbocycles. The number of carbonyl (C=O) groups is 5. The minimum absolute atomic E-state index is 0.0162. The summed E-state index contributed by atoms with van der Waals surface area (Å²) < 4.78 is 0. The van der Waals surface area contributed by atoms with Gasteiger partial charge in [-0.25, -0.2) is 4.79 Å². The van der Waals surface area contributed by atoms with E-state index in [9.17, 15) is 29.1 Å². The molecule has 0 saturated heterocycles. The third kappa shape index (κ3) is 11.3. The smallest absolute Gasteiger partial charge is 0.326 e. The van der Waals surface area contributed by atoms with E-state index in [1.54, 1.807) is 25.6 Å². The van der Waals surface area contributed by atoms with Crippen molar-refractivity contribution in [3.63, 3.8) is 0 Å². The van der Waals surface area contributed by atoms with Gasteiger partial charge in [-0.3, -0.25) is 19.2 Å². The Hall–Kier alpha value is -2.34. The van der Waals surface area contributed by atoms with Gasteiger partial charge in [0.1, 0.15) is 18.1 Å². The van der Waals surface area contributed by atoms with Gasteiger partial charge in [0.05, 0.1) is 12.5 Å². The van der Waals surface area contributed by atoms with Crippen molar-refractivity contribution in [1.29, 1.82) is 0 Å². The molecule has 0 heterocycles. The molecule has 184 valence electrons. The average Bonchev–Trinajstić information content (AvgIpc) is 2.67. The number of carboxylic acids is 1. The first kappa shape index (κ1) is 29.7. The fourth-order valence-corrected chi connectivity index (χ4v) is 3.30. The van der Waals surface area contributed by atoms with Crippen LogP contribution in [0.25, 0.3) is 0 Å². The van der Waals surface area contributed by atoms with E-state index >= 15 is 0 Å². The zero-order valence-corrected chi connectivity index (χ0v) is 20.2. The first-order valence-corrected chi connectivity index (χ1v) is 11.9. The molecule has 4 atom stereocenters. The molecule has 0 aliphatic heterocycles. The van der Waals surface area contributed by atoms with Crippen molar-refractivity contribution >= 4 is 41.4 Å². The highest BCUT2D eigenvalue weighted by Crippen LogP contribution is 2.09. The van der Waals surface area contributed by atoms with Crippen LogP contribution in [-0.2, 0) is 24.0 Å². The standard InChI is InChI=1S/C20H37N5O6S/c1-10(2)8-13(18(28)24-14(20(30)31)9-15(22)26)23-19(29)16(11(3)4)25-17(27)12(21)6-7-32-5/h10-14,16H,6-9,21H2,1-5H3,(H2,22,26)(H,23,29)(H,24,28)(H,25,27)(H,30,31). The van der Waals surface area contributed by atoms with E-state index in [4.69, 9.17) is 11.5 Å². The predicted molar refractivity (Wildman–Crippen MR) is 123 cm³/mol. The molecule has 11 nitrogen and oxygen atoms in total. The number of carbonyl (C=O) groups excluding carboxylic acids is 4. The van der Waals surface area contributed by atoms with Gasteiger partial charge in [-0.1, -0.05) is 27.7 Å². The van der Waals surface area contributed by atoms with Crippen LogP contribution in [0.2, 0.25) is 0 Å². The molecule has 0 rings (SSSR count). The quantitative estimate of drug-likeness (QED) is 0.177. The van der Waals surface area contributed by atoms with Crippen LogP contribution in [0.1, 0.15) is 47.0 Å². The van der Waals surface area contributed by atoms with E-state index in [-0.39, 0.29) is 18.3 Å². The maximum Gasteiger partial charge on any atom is 0.326 e. The largest absolute Gasteiger partial charge is 0.480 e. The summed E-state index contributed by atoms with van der Waals surface area (Å²) in [5.74, 6) is -3.74. The van der Waals surface area contributed by atoms with Crippen molar-refractivity contribution < 1.29 is 29.1 Å². The molecule has 0 fully saturated rings. The molecule has 0 aromatic rings. The van der Waals surface area contributed by atoms with E-state index in [0.717, 1.165) is 0 Å². The third-order valence-corrected chi connectivity index (χ3v) is 5.22. The van der Waals surface area contributed by atoms with Gasteiger partial charge >= 0.3 is 5.97 Å². The Labute approximate surface area is 193 Å². The van der Waals surface area contributed by atoms with Gasteiger partial charge in [-0.05, 0) is 36.7 Å². The minimum Gasteiger partial charge on any atom is -0.480 e. The van der Waals surface area contributed by atoms with Crippen LogP contribution in [0.4, 0.5) is 0 Å². The van der Waals surface area contributed by atoms with Gasteiger partial charge < -0.3 is 32.5 Å². The lowest BCUT2D eigenvalue weighted by Gasteiger charge is -2.27. The van der Waals surface area contributed by atoms with Gasteiger partial charge in [-0.2, -0.15) is 11.8 Å². The lowest BCUT2D eigenvalue weighted by Crippen LogP contribution is -2.58. The molecule has 0 bridgehead atoms. The molecule has 0 spiro atoms. The van der Waals surface area contributed by atoms with Gasteiger partial charge in [0, 0.05) is 0 Å². The third-order valence-electron chi connectivity index (χ3n) is 4.58. The van der Waals surface area contributed by atoms with Crippen molar-refractivity contribution in [2.45, 2.75) is 71.1 Å². The fraction of sp³-hybridized carbons (Fsp3) is 0.750. The van der Waals surface area contributed by atoms with Crippen LogP contribution >= 0.6 is 11.8 Å². The normalized spacial score (nSPS) is 14.9.